The van der Waals surface area contributed by atoms with Crippen LogP contribution < -0.4 is 16.4 Å². The lowest BCUT2D eigenvalue weighted by molar-refractivity contribution is -0.137. The van der Waals surface area contributed by atoms with Crippen molar-refractivity contribution in [2.75, 3.05) is 24.6 Å². The molecule has 3 aromatic rings. The van der Waals surface area contributed by atoms with Gasteiger partial charge < -0.3 is 36.2 Å². The van der Waals surface area contributed by atoms with E-state index in [4.69, 9.17) is 10.5 Å². The fourth-order valence-electron chi connectivity index (χ4n) is 3.85. The third-order valence-corrected chi connectivity index (χ3v) is 6.03. The average Bonchev–Trinajstić information content (AvgIpc) is 3.52. The first kappa shape index (κ1) is 24.4. The van der Waals surface area contributed by atoms with E-state index in [9.17, 15) is 19.8 Å². The van der Waals surface area contributed by atoms with Crippen LogP contribution in [0.5, 0.6) is 0 Å². The summed E-state index contributed by atoms with van der Waals surface area (Å²) in [7, 11) is 1.60. The third kappa shape index (κ3) is 5.17. The lowest BCUT2D eigenvalue weighted by atomic mass is 10.1. The molecular weight excluding hydrogens is 480 g/mol. The van der Waals surface area contributed by atoms with Gasteiger partial charge in [-0.15, -0.1) is 0 Å². The molecule has 3 amide bonds. The molecule has 1 aromatic carbocycles. The Bertz CT molecular complexity index is 1380. The van der Waals surface area contributed by atoms with Crippen LogP contribution in [-0.2, 0) is 9.53 Å². The second-order valence-corrected chi connectivity index (χ2v) is 8.92. The number of carbonyl (C=O) groups excluding carboxylic acids is 2. The molecule has 0 unspecified atom stereocenters. The van der Waals surface area contributed by atoms with Crippen LogP contribution >= 0.6 is 0 Å². The second kappa shape index (κ2) is 10.0. The number of para-hydroxylation sites is 1. The number of hydrogen-bond acceptors (Lipinski definition) is 9. The number of nitrogens with two attached hydrogens (primary N) is 1. The van der Waals surface area contributed by atoms with Crippen LogP contribution in [0.4, 0.5) is 16.3 Å². The summed E-state index contributed by atoms with van der Waals surface area (Å²) in [6, 6.07) is 8.78. The molecule has 3 heterocycles. The normalized spacial score (nSPS) is 22.8. The van der Waals surface area contributed by atoms with Crippen molar-refractivity contribution >= 4 is 34.6 Å². The Kier molecular flexibility index (Phi) is 6.62. The van der Waals surface area contributed by atoms with Crippen molar-refractivity contribution in [2.24, 2.45) is 0 Å². The summed E-state index contributed by atoms with van der Waals surface area (Å²) >= 11 is 0. The predicted octanol–water partition coefficient (Wildman–Crippen LogP) is -0.178. The number of aromatic nitrogens is 4. The molecule has 2 fully saturated rings. The Morgan fingerprint density at radius 1 is 1.22 bits per heavy atom. The maximum Gasteiger partial charge on any atom is 0.322 e. The first-order chi connectivity index (χ1) is 17.8. The van der Waals surface area contributed by atoms with E-state index in [0.717, 1.165) is 12.8 Å². The maximum atomic E-state index is 12.4. The molecule has 192 valence electrons. The fourth-order valence-corrected chi connectivity index (χ4v) is 3.85. The van der Waals surface area contributed by atoms with Crippen molar-refractivity contribution in [3.8, 4) is 11.8 Å². The summed E-state index contributed by atoms with van der Waals surface area (Å²) < 4.78 is 7.10. The molecule has 6 N–H and O–H groups in total. The van der Waals surface area contributed by atoms with Gasteiger partial charge in [0.2, 0.25) is 5.82 Å². The molecule has 13 heteroatoms. The average molecular weight is 507 g/mol. The van der Waals surface area contributed by atoms with Gasteiger partial charge in [-0.2, -0.15) is 0 Å². The lowest BCUT2D eigenvalue weighted by Crippen LogP contribution is -2.43. The largest absolute Gasteiger partial charge is 0.387 e. The van der Waals surface area contributed by atoms with Crippen LogP contribution in [0, 0.1) is 11.8 Å². The van der Waals surface area contributed by atoms with Crippen LogP contribution in [-0.4, -0.2) is 84.5 Å². The van der Waals surface area contributed by atoms with Gasteiger partial charge >= 0.3 is 6.03 Å². The molecule has 0 bridgehead atoms. The number of benzene rings is 1. The van der Waals surface area contributed by atoms with Gasteiger partial charge in [-0.1, -0.05) is 24.1 Å². The highest BCUT2D eigenvalue weighted by atomic mass is 16.6. The number of ether oxygens (including phenoxy) is 1. The smallest absolute Gasteiger partial charge is 0.322 e. The Hall–Kier alpha value is -4.25. The van der Waals surface area contributed by atoms with E-state index in [1.807, 2.05) is 18.2 Å². The van der Waals surface area contributed by atoms with Crippen LogP contribution in [0.3, 0.4) is 0 Å². The molecule has 2 aliphatic rings. The number of amides is 3. The van der Waals surface area contributed by atoms with Gasteiger partial charge in [-0.3, -0.25) is 9.36 Å². The molecule has 1 aliphatic heterocycles. The first-order valence-electron chi connectivity index (χ1n) is 11.7. The molecular formula is C24H26N8O5. The Morgan fingerprint density at radius 3 is 2.70 bits per heavy atom. The molecule has 2 aromatic heterocycles. The van der Waals surface area contributed by atoms with Gasteiger partial charge in [0.05, 0.1) is 12.9 Å². The first-order valence-corrected chi connectivity index (χ1v) is 11.7. The zero-order valence-corrected chi connectivity index (χ0v) is 19.9. The van der Waals surface area contributed by atoms with Gasteiger partial charge in [-0.05, 0) is 30.9 Å². The number of anilines is 2. The van der Waals surface area contributed by atoms with Gasteiger partial charge in [0.15, 0.2) is 23.8 Å². The van der Waals surface area contributed by atoms with Crippen molar-refractivity contribution in [1.82, 2.24) is 29.7 Å². The molecule has 4 atom stereocenters. The van der Waals surface area contributed by atoms with Gasteiger partial charge in [-0.25, -0.2) is 19.7 Å². The van der Waals surface area contributed by atoms with Crippen LogP contribution in [0.2, 0.25) is 0 Å². The molecule has 0 spiro atoms. The van der Waals surface area contributed by atoms with Crippen LogP contribution in [0.15, 0.2) is 36.7 Å². The molecule has 1 saturated heterocycles. The maximum absolute atomic E-state index is 12.4. The number of rotatable bonds is 5. The van der Waals surface area contributed by atoms with Crippen molar-refractivity contribution < 1.29 is 24.5 Å². The fraction of sp³-hybridized carbons (Fsp3) is 0.375. The highest BCUT2D eigenvalue weighted by Crippen LogP contribution is 2.33. The number of fused-ring (bicyclic) bond motifs is 1. The molecule has 1 aliphatic carbocycles. The minimum absolute atomic E-state index is 0.0549. The van der Waals surface area contributed by atoms with Crippen LogP contribution in [0.25, 0.3) is 11.2 Å². The zero-order chi connectivity index (χ0) is 26.1. The molecule has 13 nitrogen and oxygen atoms in total. The van der Waals surface area contributed by atoms with E-state index in [1.54, 1.807) is 19.2 Å². The lowest BCUT2D eigenvalue weighted by Gasteiger charge is -2.16. The summed E-state index contributed by atoms with van der Waals surface area (Å²) in [6.07, 6.45) is -2.12. The van der Waals surface area contributed by atoms with E-state index in [2.05, 4.69) is 37.4 Å². The van der Waals surface area contributed by atoms with Gasteiger partial charge in [0.1, 0.15) is 17.7 Å². The Balaban J connectivity index is 1.31. The summed E-state index contributed by atoms with van der Waals surface area (Å²) in [5.74, 6) is 5.25. The second-order valence-electron chi connectivity index (χ2n) is 8.92. The number of hydrogen-bond donors (Lipinski definition) is 5. The van der Waals surface area contributed by atoms with Crippen molar-refractivity contribution in [3.05, 3.63) is 42.5 Å². The Morgan fingerprint density at radius 2 is 1.97 bits per heavy atom. The molecule has 1 saturated carbocycles. The SMILES string of the molecule is CN(CC#Cc1nc(N)c2ncn([C@@H]3O[C@H](C(=O)NC4CC4)[C@H](O)[C@@H]3O)c2n1)C(=O)Nc1ccccc1. The molecule has 0 radical (unpaired) electrons. The van der Waals surface area contributed by atoms with Crippen molar-refractivity contribution in [1.29, 1.82) is 0 Å². The van der Waals surface area contributed by atoms with E-state index < -0.39 is 30.4 Å². The number of nitrogens with one attached hydrogen (secondary N) is 2. The number of carbonyl (C=O) groups is 2. The molecule has 37 heavy (non-hydrogen) atoms. The summed E-state index contributed by atoms with van der Waals surface area (Å²) in [5, 5.41) is 26.6. The number of aliphatic hydroxyl groups is 2. The number of nitrogens with zero attached hydrogens (tertiary/aromatic N) is 5. The Labute approximate surface area is 211 Å². The third-order valence-electron chi connectivity index (χ3n) is 6.03. The monoisotopic (exact) mass is 506 g/mol. The van der Waals surface area contributed by atoms with Gasteiger partial charge in [0.25, 0.3) is 5.91 Å². The standard InChI is InChI=1S/C24H26N8O5/c1-31(24(36)28-13-6-3-2-4-7-13)11-5-8-15-29-20(25)16-21(30-15)32(12-26-16)23-18(34)17(33)19(37-23)22(35)27-14-9-10-14/h2-4,6-7,12,14,17-19,23,33-34H,9-11H2,1H3,(H,27,35)(H,28,36)(H2,25,29,30)/t17-,18+,19+,23-/m1/s1. The van der Waals surface area contributed by atoms with Crippen molar-refractivity contribution in [2.45, 2.75) is 43.4 Å². The molecule has 5 rings (SSSR count). The number of urea groups is 1. The van der Waals surface area contributed by atoms with Crippen LogP contribution in [0.1, 0.15) is 24.9 Å². The van der Waals surface area contributed by atoms with E-state index in [-0.39, 0.29) is 41.4 Å². The highest BCUT2D eigenvalue weighted by Gasteiger charge is 2.48. The minimum Gasteiger partial charge on any atom is -0.387 e. The predicted molar refractivity (Wildman–Crippen MR) is 132 cm³/mol. The summed E-state index contributed by atoms with van der Waals surface area (Å²) in [5.41, 5.74) is 7.18. The number of aliphatic hydroxyl groups excluding tert-OH is 2. The topological polar surface area (TPSA) is 181 Å². The summed E-state index contributed by atoms with van der Waals surface area (Å²) in [4.78, 5) is 38.9. The van der Waals surface area contributed by atoms with E-state index in [1.165, 1.54) is 15.8 Å². The number of imidazole rings is 1. The quantitative estimate of drug-likeness (QED) is 0.293. The van der Waals surface area contributed by atoms with E-state index in [0.29, 0.717) is 5.69 Å². The zero-order valence-electron chi connectivity index (χ0n) is 19.9. The van der Waals surface area contributed by atoms with Crippen molar-refractivity contribution in [3.63, 3.8) is 0 Å². The number of nitrogen functional groups attached to an aromatic ring is 1. The van der Waals surface area contributed by atoms with E-state index >= 15 is 0 Å². The summed E-state index contributed by atoms with van der Waals surface area (Å²) in [6.45, 7) is 0.0909. The minimum atomic E-state index is -1.43. The van der Waals surface area contributed by atoms with Gasteiger partial charge in [0, 0.05) is 18.8 Å². The highest BCUT2D eigenvalue weighted by molar-refractivity contribution is 5.89.